The first-order valence-electron chi connectivity index (χ1n) is 10.3. The highest BCUT2D eigenvalue weighted by atomic mass is 127. The Hall–Kier alpha value is -1.89. The maximum atomic E-state index is 2.44. The van der Waals surface area contributed by atoms with Crippen LogP contribution in [-0.2, 0) is 6.54 Å². The van der Waals surface area contributed by atoms with E-state index in [0.717, 1.165) is 6.54 Å². The Balaban J connectivity index is 0.00000231. The first-order chi connectivity index (χ1) is 14.7. The summed E-state index contributed by atoms with van der Waals surface area (Å²) < 4.78 is 2.44. The van der Waals surface area contributed by atoms with Gasteiger partial charge in [0.15, 0.2) is 0 Å². The van der Waals surface area contributed by atoms with Crippen LogP contribution in [0.25, 0.3) is 21.7 Å². The van der Waals surface area contributed by atoms with Crippen LogP contribution in [0.15, 0.2) is 111 Å². The Bertz CT molecular complexity index is 1330. The van der Waals surface area contributed by atoms with Crippen molar-refractivity contribution in [1.29, 1.82) is 0 Å². The summed E-state index contributed by atoms with van der Waals surface area (Å²) in [6, 6.07) is 32.9. The van der Waals surface area contributed by atoms with Gasteiger partial charge < -0.3 is 4.57 Å². The molecule has 0 spiro atoms. The van der Waals surface area contributed by atoms with Gasteiger partial charge in [0.2, 0.25) is 0 Å². The first kappa shape index (κ1) is 22.3. The Labute approximate surface area is 209 Å². The van der Waals surface area contributed by atoms with E-state index in [2.05, 4.69) is 109 Å². The molecule has 1 aromatic heterocycles. The molecule has 0 radical (unpaired) electrons. The third kappa shape index (κ3) is 4.52. The zero-order chi connectivity index (χ0) is 20.5. The van der Waals surface area contributed by atoms with Gasteiger partial charge >= 0.3 is 0 Å². The van der Waals surface area contributed by atoms with Crippen LogP contribution in [0.1, 0.15) is 12.6 Å². The second-order valence-corrected chi connectivity index (χ2v) is 9.64. The van der Waals surface area contributed by atoms with Gasteiger partial charge in [-0.1, -0.05) is 72.1 Å². The quantitative estimate of drug-likeness (QED) is 0.200. The lowest BCUT2D eigenvalue weighted by molar-refractivity contribution is 0.771. The summed E-state index contributed by atoms with van der Waals surface area (Å²) in [6.45, 7) is 5.41. The summed E-state index contributed by atoms with van der Waals surface area (Å²) in [6.07, 6.45) is 0. The van der Waals surface area contributed by atoms with Crippen LogP contribution in [0.5, 0.6) is 0 Å². The van der Waals surface area contributed by atoms with Gasteiger partial charge in [0.1, 0.15) is 0 Å². The average Bonchev–Trinajstić information content (AvgIpc) is 3.10. The molecule has 0 amide bonds. The smallest absolute Gasteiger partial charge is 0.0562 e. The van der Waals surface area contributed by atoms with E-state index in [4.69, 9.17) is 0 Å². The average molecular weight is 554 g/mol. The van der Waals surface area contributed by atoms with Crippen molar-refractivity contribution in [2.75, 3.05) is 0 Å². The van der Waals surface area contributed by atoms with Gasteiger partial charge in [0.05, 0.1) is 5.52 Å². The lowest BCUT2D eigenvalue weighted by atomic mass is 10.1. The lowest BCUT2D eigenvalue weighted by Gasteiger charge is -2.13. The minimum atomic E-state index is 0. The summed E-state index contributed by atoms with van der Waals surface area (Å²) in [7, 11) is 0. The predicted octanol–water partition coefficient (Wildman–Crippen LogP) is 9.04. The van der Waals surface area contributed by atoms with Crippen molar-refractivity contribution in [2.45, 2.75) is 40.0 Å². The molecule has 1 nitrogen and oxygen atoms in total. The third-order valence-corrected chi connectivity index (χ3v) is 7.44. The number of halogens is 1. The number of aromatic nitrogens is 1. The Morgan fingerprint density at radius 3 is 1.97 bits per heavy atom. The van der Waals surface area contributed by atoms with E-state index in [1.54, 1.807) is 0 Å². The van der Waals surface area contributed by atoms with E-state index in [-0.39, 0.29) is 24.0 Å². The van der Waals surface area contributed by atoms with Crippen molar-refractivity contribution in [3.05, 3.63) is 96.7 Å². The molecule has 31 heavy (non-hydrogen) atoms. The summed E-state index contributed by atoms with van der Waals surface area (Å²) in [4.78, 5) is 5.12. The molecule has 0 bridgehead atoms. The van der Waals surface area contributed by atoms with Gasteiger partial charge in [0.25, 0.3) is 0 Å². The normalized spacial score (nSPS) is 11.0. The molecule has 0 atom stereocenters. The number of rotatable bonds is 5. The van der Waals surface area contributed by atoms with E-state index in [1.165, 1.54) is 47.0 Å². The van der Waals surface area contributed by atoms with Crippen molar-refractivity contribution in [1.82, 2.24) is 4.57 Å². The number of hydrogen-bond acceptors (Lipinski definition) is 2. The Morgan fingerprint density at radius 2 is 1.32 bits per heavy atom. The molecule has 0 saturated heterocycles. The lowest BCUT2D eigenvalue weighted by Crippen LogP contribution is -1.96. The van der Waals surface area contributed by atoms with Crippen molar-refractivity contribution in [2.24, 2.45) is 0 Å². The van der Waals surface area contributed by atoms with E-state index in [1.807, 2.05) is 23.5 Å². The SMILES string of the molecule is CCn1c(C)cc2ccc3c(Sc4ccccc4)cc(Sc4ccccc4)cc3c21.I. The summed E-state index contributed by atoms with van der Waals surface area (Å²) >= 11 is 3.68. The highest BCUT2D eigenvalue weighted by molar-refractivity contribution is 14.0. The minimum absolute atomic E-state index is 0. The molecule has 0 aliphatic heterocycles. The molecule has 0 aliphatic rings. The van der Waals surface area contributed by atoms with E-state index >= 15 is 0 Å². The minimum Gasteiger partial charge on any atom is -0.345 e. The molecular weight excluding hydrogens is 529 g/mol. The summed E-state index contributed by atoms with van der Waals surface area (Å²) in [5.41, 5.74) is 2.66. The summed E-state index contributed by atoms with van der Waals surface area (Å²) in [5.74, 6) is 0. The number of hydrogen-bond donors (Lipinski definition) is 0. The molecule has 5 aromatic rings. The molecule has 156 valence electrons. The zero-order valence-electron chi connectivity index (χ0n) is 17.5. The third-order valence-electron chi connectivity index (χ3n) is 5.40. The van der Waals surface area contributed by atoms with Gasteiger partial charge in [-0.25, -0.2) is 0 Å². The van der Waals surface area contributed by atoms with E-state index in [9.17, 15) is 0 Å². The molecule has 1 heterocycles. The van der Waals surface area contributed by atoms with Crippen LogP contribution < -0.4 is 0 Å². The molecule has 4 heteroatoms. The molecule has 0 saturated carbocycles. The Kier molecular flexibility index (Phi) is 6.99. The molecular formula is C27H24INS2. The first-order valence-corrected chi connectivity index (χ1v) is 11.9. The van der Waals surface area contributed by atoms with Crippen LogP contribution in [0.2, 0.25) is 0 Å². The fraction of sp³-hybridized carbons (Fsp3) is 0.111. The van der Waals surface area contributed by atoms with Crippen molar-refractivity contribution >= 4 is 69.2 Å². The second-order valence-electron chi connectivity index (χ2n) is 7.38. The maximum absolute atomic E-state index is 2.44. The standard InChI is InChI=1S/C27H23NS2.HI/c1-3-28-19(2)16-20-14-15-24-25(27(20)28)17-23(29-21-10-6-4-7-11-21)18-26(24)30-22-12-8-5-9-13-22;/h4-18H,3H2,1-2H3;1H. The maximum Gasteiger partial charge on any atom is 0.0562 e. The van der Waals surface area contributed by atoms with Crippen molar-refractivity contribution < 1.29 is 0 Å². The van der Waals surface area contributed by atoms with Crippen LogP contribution in [0.4, 0.5) is 0 Å². The fourth-order valence-corrected chi connectivity index (χ4v) is 6.08. The van der Waals surface area contributed by atoms with Gasteiger partial charge in [-0.05, 0) is 61.7 Å². The number of nitrogens with zero attached hydrogens (tertiary/aromatic N) is 1. The molecule has 0 aliphatic carbocycles. The van der Waals surface area contributed by atoms with Crippen LogP contribution in [-0.4, -0.2) is 4.57 Å². The largest absolute Gasteiger partial charge is 0.345 e. The molecule has 0 fully saturated rings. The van der Waals surface area contributed by atoms with E-state index in [0.29, 0.717) is 0 Å². The number of benzene rings is 4. The molecule has 5 rings (SSSR count). The predicted molar refractivity (Wildman–Crippen MR) is 146 cm³/mol. The summed E-state index contributed by atoms with van der Waals surface area (Å²) in [5, 5.41) is 3.97. The highest BCUT2D eigenvalue weighted by Gasteiger charge is 2.14. The number of aryl methyl sites for hydroxylation is 2. The van der Waals surface area contributed by atoms with Crippen LogP contribution in [0, 0.1) is 6.92 Å². The van der Waals surface area contributed by atoms with Gasteiger partial charge in [-0.2, -0.15) is 0 Å². The molecule has 4 aromatic carbocycles. The fourth-order valence-electron chi connectivity index (χ4n) is 4.06. The van der Waals surface area contributed by atoms with Crippen LogP contribution >= 0.6 is 47.5 Å². The zero-order valence-corrected chi connectivity index (χ0v) is 21.5. The van der Waals surface area contributed by atoms with Gasteiger partial charge in [-0.15, -0.1) is 24.0 Å². The highest BCUT2D eigenvalue weighted by Crippen LogP contribution is 2.41. The van der Waals surface area contributed by atoms with Gasteiger partial charge in [0, 0.05) is 42.6 Å². The molecule has 0 unspecified atom stereocenters. The number of fused-ring (bicyclic) bond motifs is 3. The monoisotopic (exact) mass is 553 g/mol. The molecule has 0 N–H and O–H groups in total. The van der Waals surface area contributed by atoms with Crippen molar-refractivity contribution in [3.8, 4) is 0 Å². The van der Waals surface area contributed by atoms with Gasteiger partial charge in [-0.3, -0.25) is 0 Å². The van der Waals surface area contributed by atoms with Crippen molar-refractivity contribution in [3.63, 3.8) is 0 Å². The second kappa shape index (κ2) is 9.72. The topological polar surface area (TPSA) is 4.93 Å². The van der Waals surface area contributed by atoms with Crippen LogP contribution in [0.3, 0.4) is 0 Å². The van der Waals surface area contributed by atoms with E-state index < -0.39 is 0 Å². The Morgan fingerprint density at radius 1 is 0.677 bits per heavy atom.